The molecule has 0 aliphatic carbocycles. The van der Waals surface area contributed by atoms with Gasteiger partial charge in [-0.2, -0.15) is 0 Å². The van der Waals surface area contributed by atoms with Crippen LogP contribution in [0.3, 0.4) is 0 Å². The normalized spacial score (nSPS) is 11.2. The molecule has 0 saturated carbocycles. The summed E-state index contributed by atoms with van der Waals surface area (Å²) < 4.78 is 0.954. The Morgan fingerprint density at radius 1 is 1.35 bits per heavy atom. The second kappa shape index (κ2) is 7.41. The molecule has 0 amide bonds. The van der Waals surface area contributed by atoms with Crippen LogP contribution in [0.25, 0.3) is 0 Å². The molecular weight excluding hydrogens is 310 g/mol. The number of halogens is 1. The number of nitrogens with zero attached hydrogens (tertiary/aromatic N) is 2. The van der Waals surface area contributed by atoms with Crippen LogP contribution in [0.1, 0.15) is 24.4 Å². The summed E-state index contributed by atoms with van der Waals surface area (Å²) in [5, 5.41) is 13.4. The first-order valence-electron chi connectivity index (χ1n) is 6.51. The van der Waals surface area contributed by atoms with E-state index in [1.54, 1.807) is 23.1 Å². The van der Waals surface area contributed by atoms with E-state index in [9.17, 15) is 0 Å². The zero-order valence-corrected chi connectivity index (χ0v) is 14.2. The van der Waals surface area contributed by atoms with Gasteiger partial charge in [-0.1, -0.05) is 54.6 Å². The monoisotopic (exact) mass is 327 g/mol. The predicted molar refractivity (Wildman–Crippen MR) is 86.8 cm³/mol. The molecule has 0 fully saturated rings. The van der Waals surface area contributed by atoms with Crippen molar-refractivity contribution in [1.82, 2.24) is 15.5 Å². The predicted octanol–water partition coefficient (Wildman–Crippen LogP) is 4.40. The van der Waals surface area contributed by atoms with Gasteiger partial charge in [0.2, 0.25) is 0 Å². The molecule has 0 aliphatic rings. The Kier molecular flexibility index (Phi) is 5.84. The Labute approximate surface area is 133 Å². The lowest BCUT2D eigenvalue weighted by molar-refractivity contribution is 0.550. The van der Waals surface area contributed by atoms with E-state index < -0.39 is 0 Å². The SMILES string of the molecule is Cc1nnc(Sc2cc(Cl)ccc2CNCC(C)C)s1. The molecule has 2 rings (SSSR count). The van der Waals surface area contributed by atoms with E-state index in [1.165, 1.54) is 5.56 Å². The first-order valence-corrected chi connectivity index (χ1v) is 8.53. The van der Waals surface area contributed by atoms with Crippen molar-refractivity contribution >= 4 is 34.7 Å². The van der Waals surface area contributed by atoms with E-state index in [4.69, 9.17) is 11.6 Å². The van der Waals surface area contributed by atoms with Crippen molar-refractivity contribution in [2.24, 2.45) is 5.92 Å². The van der Waals surface area contributed by atoms with Gasteiger partial charge in [-0.25, -0.2) is 0 Å². The number of nitrogens with one attached hydrogen (secondary N) is 1. The zero-order chi connectivity index (χ0) is 14.5. The first kappa shape index (κ1) is 15.8. The molecule has 1 N–H and O–H groups in total. The minimum atomic E-state index is 0.643. The summed E-state index contributed by atoms with van der Waals surface area (Å²) in [4.78, 5) is 1.14. The molecule has 3 nitrogen and oxygen atoms in total. The van der Waals surface area contributed by atoms with Crippen LogP contribution in [0.4, 0.5) is 0 Å². The van der Waals surface area contributed by atoms with Gasteiger partial charge < -0.3 is 5.32 Å². The number of aromatic nitrogens is 2. The van der Waals surface area contributed by atoms with Gasteiger partial charge >= 0.3 is 0 Å². The lowest BCUT2D eigenvalue weighted by Gasteiger charge is -2.11. The minimum Gasteiger partial charge on any atom is -0.312 e. The number of hydrogen-bond acceptors (Lipinski definition) is 5. The maximum Gasteiger partial charge on any atom is 0.179 e. The Hall–Kier alpha value is -0.620. The highest BCUT2D eigenvalue weighted by Gasteiger charge is 2.09. The second-order valence-electron chi connectivity index (χ2n) is 4.97. The van der Waals surface area contributed by atoms with Crippen molar-refractivity contribution < 1.29 is 0 Å². The molecule has 1 aromatic heterocycles. The van der Waals surface area contributed by atoms with Crippen molar-refractivity contribution in [3.05, 3.63) is 33.8 Å². The average molecular weight is 328 g/mol. The van der Waals surface area contributed by atoms with Gasteiger partial charge in [0.1, 0.15) is 5.01 Å². The van der Waals surface area contributed by atoms with Crippen LogP contribution in [0, 0.1) is 12.8 Å². The summed E-state index contributed by atoms with van der Waals surface area (Å²) >= 11 is 9.34. The largest absolute Gasteiger partial charge is 0.312 e. The van der Waals surface area contributed by atoms with Gasteiger partial charge in [0.25, 0.3) is 0 Å². The van der Waals surface area contributed by atoms with E-state index in [-0.39, 0.29) is 0 Å². The maximum absolute atomic E-state index is 6.11. The third kappa shape index (κ3) is 4.74. The van der Waals surface area contributed by atoms with Gasteiger partial charge in [0, 0.05) is 16.5 Å². The lowest BCUT2D eigenvalue weighted by atomic mass is 10.2. The van der Waals surface area contributed by atoms with Gasteiger partial charge in [0.15, 0.2) is 4.34 Å². The molecule has 0 unspecified atom stereocenters. The molecular formula is C14H18ClN3S2. The molecule has 0 spiro atoms. The molecule has 0 atom stereocenters. The number of benzene rings is 1. The van der Waals surface area contributed by atoms with Crippen LogP contribution < -0.4 is 5.32 Å². The van der Waals surface area contributed by atoms with Crippen LogP contribution in [0.2, 0.25) is 5.02 Å². The van der Waals surface area contributed by atoms with Gasteiger partial charge in [-0.3, -0.25) is 0 Å². The van der Waals surface area contributed by atoms with Crippen molar-refractivity contribution in [3.8, 4) is 0 Å². The Balaban J connectivity index is 2.11. The van der Waals surface area contributed by atoms with Gasteiger partial charge in [0.05, 0.1) is 0 Å². The average Bonchev–Trinajstić information content (AvgIpc) is 2.77. The highest BCUT2D eigenvalue weighted by atomic mass is 35.5. The molecule has 0 saturated heterocycles. The van der Waals surface area contributed by atoms with E-state index in [2.05, 4.69) is 35.4 Å². The van der Waals surface area contributed by atoms with E-state index in [0.29, 0.717) is 5.92 Å². The summed E-state index contributed by atoms with van der Waals surface area (Å²) in [5.41, 5.74) is 1.24. The number of rotatable bonds is 6. The van der Waals surface area contributed by atoms with Crippen LogP contribution in [-0.4, -0.2) is 16.7 Å². The maximum atomic E-state index is 6.11. The molecule has 0 radical (unpaired) electrons. The quantitative estimate of drug-likeness (QED) is 0.853. The number of hydrogen-bond donors (Lipinski definition) is 1. The Morgan fingerprint density at radius 3 is 2.80 bits per heavy atom. The van der Waals surface area contributed by atoms with Gasteiger partial charge in [-0.15, -0.1) is 10.2 Å². The Bertz CT molecular complexity index is 569. The summed E-state index contributed by atoms with van der Waals surface area (Å²) in [6.45, 7) is 8.22. The summed E-state index contributed by atoms with van der Waals surface area (Å²) in [6, 6.07) is 6.00. The van der Waals surface area contributed by atoms with E-state index in [1.807, 2.05) is 19.1 Å². The van der Waals surface area contributed by atoms with Crippen LogP contribution in [0.15, 0.2) is 27.4 Å². The number of aryl methyl sites for hydroxylation is 1. The molecule has 108 valence electrons. The standard InChI is InChI=1S/C14H18ClN3S2/c1-9(2)7-16-8-11-4-5-12(15)6-13(11)20-14-18-17-10(3)19-14/h4-6,9,16H,7-8H2,1-3H3. The van der Waals surface area contributed by atoms with Crippen LogP contribution in [-0.2, 0) is 6.54 Å². The highest BCUT2D eigenvalue weighted by molar-refractivity contribution is 8.01. The molecule has 0 aliphatic heterocycles. The molecule has 20 heavy (non-hydrogen) atoms. The minimum absolute atomic E-state index is 0.643. The third-order valence-corrected chi connectivity index (χ3v) is 4.83. The van der Waals surface area contributed by atoms with Crippen molar-refractivity contribution in [2.75, 3.05) is 6.54 Å². The smallest absolute Gasteiger partial charge is 0.179 e. The molecule has 2 aromatic rings. The van der Waals surface area contributed by atoms with Crippen LogP contribution >= 0.6 is 34.7 Å². The van der Waals surface area contributed by atoms with Crippen molar-refractivity contribution in [2.45, 2.75) is 36.6 Å². The van der Waals surface area contributed by atoms with Crippen molar-refractivity contribution in [1.29, 1.82) is 0 Å². The van der Waals surface area contributed by atoms with Gasteiger partial charge in [-0.05, 0) is 37.1 Å². The lowest BCUT2D eigenvalue weighted by Crippen LogP contribution is -2.19. The topological polar surface area (TPSA) is 37.8 Å². The molecule has 1 aromatic carbocycles. The van der Waals surface area contributed by atoms with E-state index in [0.717, 1.165) is 32.4 Å². The third-order valence-electron chi connectivity index (χ3n) is 2.60. The van der Waals surface area contributed by atoms with E-state index >= 15 is 0 Å². The fourth-order valence-corrected chi connectivity index (χ4v) is 3.86. The highest BCUT2D eigenvalue weighted by Crippen LogP contribution is 2.34. The molecule has 6 heteroatoms. The fourth-order valence-electron chi connectivity index (χ4n) is 1.68. The van der Waals surface area contributed by atoms with Crippen LogP contribution in [0.5, 0.6) is 0 Å². The van der Waals surface area contributed by atoms with Crippen molar-refractivity contribution in [3.63, 3.8) is 0 Å². The summed E-state index contributed by atoms with van der Waals surface area (Å²) in [5.74, 6) is 0.643. The Morgan fingerprint density at radius 2 is 2.15 bits per heavy atom. The molecule has 1 heterocycles. The second-order valence-corrected chi connectivity index (χ2v) is 7.87. The zero-order valence-electron chi connectivity index (χ0n) is 11.8. The summed E-state index contributed by atoms with van der Waals surface area (Å²) in [6.07, 6.45) is 0. The fraction of sp³-hybridized carbons (Fsp3) is 0.429. The summed E-state index contributed by atoms with van der Waals surface area (Å²) in [7, 11) is 0. The first-order chi connectivity index (χ1) is 9.54. The molecule has 0 bridgehead atoms.